The molecule has 1 amide bonds. The zero-order chi connectivity index (χ0) is 19.2. The van der Waals surface area contributed by atoms with Gasteiger partial charge < -0.3 is 15.1 Å². The van der Waals surface area contributed by atoms with Crippen molar-refractivity contribution in [1.82, 2.24) is 20.0 Å². The zero-order valence-electron chi connectivity index (χ0n) is 15.7. The van der Waals surface area contributed by atoms with Crippen molar-refractivity contribution in [1.29, 1.82) is 0 Å². The van der Waals surface area contributed by atoms with Gasteiger partial charge >= 0.3 is 6.18 Å². The van der Waals surface area contributed by atoms with Gasteiger partial charge in [-0.2, -0.15) is 13.2 Å². The molecule has 0 radical (unpaired) electrons. The predicted molar refractivity (Wildman–Crippen MR) is 92.5 cm³/mol. The average Bonchev–Trinajstić information content (AvgIpc) is 2.53. The molecule has 1 aliphatic rings. The third-order valence-electron chi connectivity index (χ3n) is 4.17. The van der Waals surface area contributed by atoms with E-state index in [0.717, 1.165) is 0 Å². The molecule has 1 heterocycles. The number of likely N-dealkylation sites (N-methyl/N-ethyl adjacent to an activating group) is 1. The summed E-state index contributed by atoms with van der Waals surface area (Å²) in [5.41, 5.74) is 0. The Labute approximate surface area is 148 Å². The minimum Gasteiger partial charge on any atom is -0.356 e. The summed E-state index contributed by atoms with van der Waals surface area (Å²) in [5.74, 6) is 0.859. The second kappa shape index (κ2) is 9.26. The fourth-order valence-corrected chi connectivity index (χ4v) is 2.38. The van der Waals surface area contributed by atoms with E-state index in [1.165, 1.54) is 16.7 Å². The van der Waals surface area contributed by atoms with Gasteiger partial charge in [0, 0.05) is 46.8 Å². The Balaban J connectivity index is 2.71. The van der Waals surface area contributed by atoms with Gasteiger partial charge in [0.1, 0.15) is 12.6 Å². The topological polar surface area (TPSA) is 51.2 Å². The molecule has 1 rings (SSSR count). The Bertz CT molecular complexity index is 457. The van der Waals surface area contributed by atoms with Crippen molar-refractivity contribution in [3.63, 3.8) is 0 Å². The molecule has 0 saturated carbocycles. The molecule has 9 heteroatoms. The lowest BCUT2D eigenvalue weighted by atomic mass is 10.2. The van der Waals surface area contributed by atoms with Crippen molar-refractivity contribution in [2.45, 2.75) is 33.0 Å². The summed E-state index contributed by atoms with van der Waals surface area (Å²) in [4.78, 5) is 20.9. The monoisotopic (exact) mass is 365 g/mol. The third-order valence-corrected chi connectivity index (χ3v) is 4.17. The van der Waals surface area contributed by atoms with Crippen molar-refractivity contribution in [3.05, 3.63) is 0 Å². The minimum absolute atomic E-state index is 0.0204. The number of carbonyl (C=O) groups excluding carboxylic acids is 1. The highest BCUT2D eigenvalue weighted by Gasteiger charge is 2.41. The van der Waals surface area contributed by atoms with Crippen LogP contribution in [0.4, 0.5) is 13.2 Å². The first-order valence-electron chi connectivity index (χ1n) is 8.56. The number of halogens is 3. The molecule has 1 unspecified atom stereocenters. The highest BCUT2D eigenvalue weighted by molar-refractivity contribution is 5.84. The van der Waals surface area contributed by atoms with Gasteiger partial charge in [0.2, 0.25) is 5.91 Å². The molecule has 6 nitrogen and oxygen atoms in total. The number of nitrogens with zero attached hydrogens (tertiary/aromatic N) is 4. The molecule has 1 N–H and O–H groups in total. The van der Waals surface area contributed by atoms with Crippen LogP contribution >= 0.6 is 0 Å². The van der Waals surface area contributed by atoms with E-state index >= 15 is 0 Å². The SMILES string of the molecule is CC(C)CNC(=NCC(=O)N(C)C)N1CCN(C(C)C(F)(F)F)CC1. The second-order valence-corrected chi connectivity index (χ2v) is 6.94. The Kier molecular flexibility index (Phi) is 7.98. The van der Waals surface area contributed by atoms with Crippen molar-refractivity contribution < 1.29 is 18.0 Å². The van der Waals surface area contributed by atoms with Gasteiger partial charge in [0.05, 0.1) is 0 Å². The fourth-order valence-electron chi connectivity index (χ4n) is 2.38. The first kappa shape index (κ1) is 21.5. The van der Waals surface area contributed by atoms with Gasteiger partial charge in [-0.05, 0) is 12.8 Å². The zero-order valence-corrected chi connectivity index (χ0v) is 15.7. The van der Waals surface area contributed by atoms with Crippen LogP contribution in [0.15, 0.2) is 4.99 Å². The molecule has 0 aromatic heterocycles. The average molecular weight is 365 g/mol. The second-order valence-electron chi connectivity index (χ2n) is 6.94. The van der Waals surface area contributed by atoms with Crippen LogP contribution in [0.3, 0.4) is 0 Å². The van der Waals surface area contributed by atoms with Crippen molar-refractivity contribution in [2.75, 3.05) is 53.4 Å². The molecule has 0 bridgehead atoms. The summed E-state index contributed by atoms with van der Waals surface area (Å²) in [6, 6.07) is -1.45. The summed E-state index contributed by atoms with van der Waals surface area (Å²) in [7, 11) is 3.33. The molecule has 0 aromatic carbocycles. The number of piperazine rings is 1. The Morgan fingerprint density at radius 2 is 1.72 bits per heavy atom. The van der Waals surface area contributed by atoms with Crippen LogP contribution in [-0.4, -0.2) is 92.1 Å². The molecule has 25 heavy (non-hydrogen) atoms. The molecule has 0 spiro atoms. The molecule has 1 aliphatic heterocycles. The van der Waals surface area contributed by atoms with Crippen LogP contribution in [0.2, 0.25) is 0 Å². The number of hydrogen-bond acceptors (Lipinski definition) is 3. The van der Waals surface area contributed by atoms with Crippen molar-refractivity contribution in [3.8, 4) is 0 Å². The molecule has 1 saturated heterocycles. The van der Waals surface area contributed by atoms with E-state index < -0.39 is 12.2 Å². The molecule has 1 atom stereocenters. The first-order valence-corrected chi connectivity index (χ1v) is 8.56. The number of alkyl halides is 3. The van der Waals surface area contributed by atoms with E-state index in [-0.39, 0.29) is 12.5 Å². The highest BCUT2D eigenvalue weighted by atomic mass is 19.4. The lowest BCUT2D eigenvalue weighted by Crippen LogP contribution is -2.57. The summed E-state index contributed by atoms with van der Waals surface area (Å²) in [6.45, 7) is 7.52. The summed E-state index contributed by atoms with van der Waals surface area (Å²) in [6.07, 6.45) is -4.22. The van der Waals surface area contributed by atoms with Gasteiger partial charge in [-0.1, -0.05) is 13.8 Å². The highest BCUT2D eigenvalue weighted by Crippen LogP contribution is 2.25. The van der Waals surface area contributed by atoms with E-state index in [1.54, 1.807) is 14.1 Å². The number of amides is 1. The van der Waals surface area contributed by atoms with Crippen LogP contribution < -0.4 is 5.32 Å². The van der Waals surface area contributed by atoms with Gasteiger partial charge in [-0.3, -0.25) is 9.69 Å². The number of aliphatic imine (C=N–C) groups is 1. The van der Waals surface area contributed by atoms with Gasteiger partial charge in [0.25, 0.3) is 0 Å². The largest absolute Gasteiger partial charge is 0.403 e. The summed E-state index contributed by atoms with van der Waals surface area (Å²) >= 11 is 0. The molecule has 0 aliphatic carbocycles. The third kappa shape index (κ3) is 7.09. The number of guanidine groups is 1. The first-order chi connectivity index (χ1) is 11.5. The molecular weight excluding hydrogens is 335 g/mol. The number of carbonyl (C=O) groups is 1. The van der Waals surface area contributed by atoms with E-state index in [4.69, 9.17) is 0 Å². The van der Waals surface area contributed by atoms with E-state index in [1.807, 2.05) is 4.90 Å². The van der Waals surface area contributed by atoms with E-state index in [0.29, 0.717) is 44.6 Å². The van der Waals surface area contributed by atoms with Crippen LogP contribution in [-0.2, 0) is 4.79 Å². The van der Waals surface area contributed by atoms with E-state index in [9.17, 15) is 18.0 Å². The smallest absolute Gasteiger partial charge is 0.356 e. The van der Waals surface area contributed by atoms with E-state index in [2.05, 4.69) is 24.2 Å². The van der Waals surface area contributed by atoms with Crippen molar-refractivity contribution >= 4 is 11.9 Å². The molecule has 1 fully saturated rings. The summed E-state index contributed by atoms with van der Waals surface area (Å²) < 4.78 is 38.6. The van der Waals surface area contributed by atoms with Crippen LogP contribution in [0, 0.1) is 5.92 Å². The molecular formula is C16H30F3N5O. The normalized spacial score (nSPS) is 18.4. The number of nitrogens with one attached hydrogen (secondary N) is 1. The van der Waals surface area contributed by atoms with Gasteiger partial charge in [0.15, 0.2) is 5.96 Å². The Morgan fingerprint density at radius 3 is 2.16 bits per heavy atom. The van der Waals surface area contributed by atoms with Crippen LogP contribution in [0.1, 0.15) is 20.8 Å². The minimum atomic E-state index is -4.22. The van der Waals surface area contributed by atoms with Crippen molar-refractivity contribution in [2.24, 2.45) is 10.9 Å². The maximum Gasteiger partial charge on any atom is 0.403 e. The van der Waals surface area contributed by atoms with Gasteiger partial charge in [-0.25, -0.2) is 4.99 Å². The van der Waals surface area contributed by atoms with Crippen LogP contribution in [0.5, 0.6) is 0 Å². The maximum atomic E-state index is 12.9. The lowest BCUT2D eigenvalue weighted by Gasteiger charge is -2.39. The number of hydrogen-bond donors (Lipinski definition) is 1. The quantitative estimate of drug-likeness (QED) is 0.588. The molecule has 146 valence electrons. The fraction of sp³-hybridized carbons (Fsp3) is 0.875. The Hall–Kier alpha value is -1.51. The maximum absolute atomic E-state index is 12.9. The Morgan fingerprint density at radius 1 is 1.16 bits per heavy atom. The lowest BCUT2D eigenvalue weighted by molar-refractivity contribution is -0.181. The van der Waals surface area contributed by atoms with Gasteiger partial charge in [-0.15, -0.1) is 0 Å². The standard InChI is InChI=1S/C16H30F3N5O/c1-12(2)10-20-15(21-11-14(25)22(4)5)24-8-6-23(7-9-24)13(3)16(17,18)19/h12-13H,6-11H2,1-5H3,(H,20,21). The predicted octanol–water partition coefficient (Wildman–Crippen LogP) is 1.24. The van der Waals surface area contributed by atoms with Crippen LogP contribution in [0.25, 0.3) is 0 Å². The summed E-state index contributed by atoms with van der Waals surface area (Å²) in [5, 5.41) is 3.22. The molecule has 0 aromatic rings. The number of rotatable bonds is 5.